The van der Waals surface area contributed by atoms with Crippen LogP contribution in [0.15, 0.2) is 24.3 Å². The van der Waals surface area contributed by atoms with Crippen LogP contribution < -0.4 is 0 Å². The van der Waals surface area contributed by atoms with E-state index in [-0.39, 0.29) is 5.92 Å². The zero-order valence-corrected chi connectivity index (χ0v) is 12.2. The number of benzene rings is 1. The van der Waals surface area contributed by atoms with Gasteiger partial charge in [0.15, 0.2) is 0 Å². The van der Waals surface area contributed by atoms with E-state index in [0.29, 0.717) is 18.9 Å². The molecule has 0 unspecified atom stereocenters. The van der Waals surface area contributed by atoms with Crippen molar-refractivity contribution in [1.82, 2.24) is 4.90 Å². The van der Waals surface area contributed by atoms with E-state index in [1.807, 2.05) is 12.1 Å². The number of likely N-dealkylation sites (tertiary alicyclic amines) is 1. The average molecular weight is 288 g/mol. The van der Waals surface area contributed by atoms with Gasteiger partial charge in [-0.25, -0.2) is 0 Å². The monoisotopic (exact) mass is 287 g/mol. The maximum atomic E-state index is 9.20. The van der Waals surface area contributed by atoms with Crippen molar-refractivity contribution >= 4 is 11.6 Å². The second-order valence-corrected chi connectivity index (χ2v) is 5.66. The first-order chi connectivity index (χ1) is 9.74. The van der Waals surface area contributed by atoms with E-state index < -0.39 is 0 Å². The molecule has 1 saturated heterocycles. The Labute approximate surface area is 125 Å². The molecule has 104 valence electrons. The molecule has 0 saturated carbocycles. The fourth-order valence-electron chi connectivity index (χ4n) is 2.83. The smallest absolute Gasteiger partial charge is 0.0669 e. The summed E-state index contributed by atoms with van der Waals surface area (Å²) in [6.45, 7) is 1.78. The van der Waals surface area contributed by atoms with Crippen molar-refractivity contribution in [2.24, 2.45) is 5.92 Å². The molecule has 20 heavy (non-hydrogen) atoms. The molecule has 1 aromatic rings. The van der Waals surface area contributed by atoms with Crippen LogP contribution in [0.1, 0.15) is 37.3 Å². The van der Waals surface area contributed by atoms with Crippen LogP contribution in [-0.2, 0) is 0 Å². The van der Waals surface area contributed by atoms with Gasteiger partial charge in [-0.05, 0) is 43.5 Å². The zero-order valence-electron chi connectivity index (χ0n) is 11.4. The summed E-state index contributed by atoms with van der Waals surface area (Å²) in [6.07, 6.45) is 3.40. The van der Waals surface area contributed by atoms with Gasteiger partial charge in [-0.3, -0.25) is 4.90 Å². The van der Waals surface area contributed by atoms with Gasteiger partial charge in [0.05, 0.1) is 18.1 Å². The van der Waals surface area contributed by atoms with Gasteiger partial charge >= 0.3 is 0 Å². The minimum atomic E-state index is -0.0532. The van der Waals surface area contributed by atoms with E-state index >= 15 is 0 Å². The molecule has 4 heteroatoms. The van der Waals surface area contributed by atoms with Crippen LogP contribution in [0.5, 0.6) is 0 Å². The van der Waals surface area contributed by atoms with E-state index in [0.717, 1.165) is 31.0 Å². The molecular formula is C16H18ClN3. The number of rotatable bonds is 5. The predicted octanol–water partition coefficient (Wildman–Crippen LogP) is 3.92. The highest BCUT2D eigenvalue weighted by Crippen LogP contribution is 2.33. The third kappa shape index (κ3) is 3.73. The number of halogens is 1. The van der Waals surface area contributed by atoms with E-state index in [1.165, 1.54) is 5.56 Å². The summed E-state index contributed by atoms with van der Waals surface area (Å²) in [5.41, 5.74) is 1.27. The molecule has 1 fully saturated rings. The summed E-state index contributed by atoms with van der Waals surface area (Å²) >= 11 is 5.93. The lowest BCUT2D eigenvalue weighted by molar-refractivity contribution is 0.231. The largest absolute Gasteiger partial charge is 0.295 e. The molecule has 1 aliphatic rings. The Morgan fingerprint density at radius 2 is 2.05 bits per heavy atom. The molecular weight excluding hydrogens is 270 g/mol. The molecule has 0 aliphatic carbocycles. The standard InChI is InChI=1S/C16H18ClN3/c17-15-7-5-14(6-8-15)16-4-2-10-20(16)12-13(11-19)3-1-9-18/h5-8,13,16H,1-4,10,12H2/t13-,16-/m0/s1. The Bertz CT molecular complexity index is 512. The fourth-order valence-corrected chi connectivity index (χ4v) is 2.95. The van der Waals surface area contributed by atoms with Crippen molar-refractivity contribution in [2.45, 2.75) is 31.7 Å². The first-order valence-electron chi connectivity index (χ1n) is 7.00. The summed E-state index contributed by atoms with van der Waals surface area (Å²) in [7, 11) is 0. The molecule has 0 bridgehead atoms. The Hall–Kier alpha value is -1.55. The van der Waals surface area contributed by atoms with Crippen LogP contribution in [-0.4, -0.2) is 18.0 Å². The molecule has 2 rings (SSSR count). The molecule has 2 atom stereocenters. The Balaban J connectivity index is 2.02. The lowest BCUT2D eigenvalue weighted by Crippen LogP contribution is -2.28. The van der Waals surface area contributed by atoms with E-state index in [4.69, 9.17) is 16.9 Å². The van der Waals surface area contributed by atoms with Crippen molar-refractivity contribution in [1.29, 1.82) is 10.5 Å². The molecule has 0 radical (unpaired) electrons. The van der Waals surface area contributed by atoms with Crippen molar-refractivity contribution in [3.05, 3.63) is 34.9 Å². The minimum absolute atomic E-state index is 0.0532. The number of hydrogen-bond acceptors (Lipinski definition) is 3. The second-order valence-electron chi connectivity index (χ2n) is 5.23. The molecule has 0 N–H and O–H groups in total. The fraction of sp³-hybridized carbons (Fsp3) is 0.500. The predicted molar refractivity (Wildman–Crippen MR) is 79.0 cm³/mol. The van der Waals surface area contributed by atoms with Crippen LogP contribution in [0.3, 0.4) is 0 Å². The highest BCUT2D eigenvalue weighted by atomic mass is 35.5. The maximum absolute atomic E-state index is 9.20. The zero-order chi connectivity index (χ0) is 14.4. The van der Waals surface area contributed by atoms with Crippen LogP contribution >= 0.6 is 11.6 Å². The third-order valence-corrected chi connectivity index (χ3v) is 4.11. The molecule has 0 spiro atoms. The lowest BCUT2D eigenvalue weighted by Gasteiger charge is -2.26. The quantitative estimate of drug-likeness (QED) is 0.825. The Morgan fingerprint density at radius 3 is 2.70 bits per heavy atom. The van der Waals surface area contributed by atoms with Gasteiger partial charge in [0.1, 0.15) is 0 Å². The number of nitriles is 2. The van der Waals surface area contributed by atoms with Crippen molar-refractivity contribution in [3.8, 4) is 12.1 Å². The molecule has 3 nitrogen and oxygen atoms in total. The topological polar surface area (TPSA) is 50.8 Å². The Morgan fingerprint density at radius 1 is 1.30 bits per heavy atom. The van der Waals surface area contributed by atoms with Crippen LogP contribution in [0.4, 0.5) is 0 Å². The highest BCUT2D eigenvalue weighted by Gasteiger charge is 2.27. The molecule has 1 aromatic carbocycles. The van der Waals surface area contributed by atoms with Gasteiger partial charge in [0.2, 0.25) is 0 Å². The van der Waals surface area contributed by atoms with Crippen LogP contribution in [0.2, 0.25) is 5.02 Å². The Kier molecular flexibility index (Phi) is 5.41. The summed E-state index contributed by atoms with van der Waals surface area (Å²) in [5.74, 6) is -0.0532. The van der Waals surface area contributed by atoms with E-state index in [2.05, 4.69) is 29.2 Å². The van der Waals surface area contributed by atoms with Crippen molar-refractivity contribution in [2.75, 3.05) is 13.1 Å². The first kappa shape index (κ1) is 14.9. The number of hydrogen-bond donors (Lipinski definition) is 0. The van der Waals surface area contributed by atoms with Gasteiger partial charge in [-0.15, -0.1) is 0 Å². The van der Waals surface area contributed by atoms with Crippen LogP contribution in [0.25, 0.3) is 0 Å². The van der Waals surface area contributed by atoms with Gasteiger partial charge in [-0.1, -0.05) is 23.7 Å². The maximum Gasteiger partial charge on any atom is 0.0669 e. The van der Waals surface area contributed by atoms with Gasteiger partial charge in [-0.2, -0.15) is 10.5 Å². The summed E-state index contributed by atoms with van der Waals surface area (Å²) in [5, 5.41) is 18.6. The normalized spacial score (nSPS) is 20.2. The lowest BCUT2D eigenvalue weighted by atomic mass is 10.0. The molecule has 1 heterocycles. The van der Waals surface area contributed by atoms with E-state index in [9.17, 15) is 5.26 Å². The van der Waals surface area contributed by atoms with Crippen LogP contribution in [0, 0.1) is 28.6 Å². The van der Waals surface area contributed by atoms with Gasteiger partial charge < -0.3 is 0 Å². The SMILES string of the molecule is N#CCC[C@@H](C#N)CN1CCC[C@H]1c1ccc(Cl)cc1. The average Bonchev–Trinajstić information content (AvgIpc) is 2.92. The summed E-state index contributed by atoms with van der Waals surface area (Å²) < 4.78 is 0. The number of nitrogens with zero attached hydrogens (tertiary/aromatic N) is 3. The summed E-state index contributed by atoms with van der Waals surface area (Å²) in [4.78, 5) is 2.37. The van der Waals surface area contributed by atoms with Crippen molar-refractivity contribution in [3.63, 3.8) is 0 Å². The highest BCUT2D eigenvalue weighted by molar-refractivity contribution is 6.30. The molecule has 0 amide bonds. The molecule has 1 aliphatic heterocycles. The van der Waals surface area contributed by atoms with Gasteiger partial charge in [0.25, 0.3) is 0 Å². The second kappa shape index (κ2) is 7.29. The van der Waals surface area contributed by atoms with Gasteiger partial charge in [0, 0.05) is 24.0 Å². The molecule has 0 aromatic heterocycles. The summed E-state index contributed by atoms with van der Waals surface area (Å²) in [6, 6.07) is 12.8. The van der Waals surface area contributed by atoms with E-state index in [1.54, 1.807) is 0 Å². The first-order valence-corrected chi connectivity index (χ1v) is 7.38. The van der Waals surface area contributed by atoms with Crippen molar-refractivity contribution < 1.29 is 0 Å². The minimum Gasteiger partial charge on any atom is -0.295 e. The third-order valence-electron chi connectivity index (χ3n) is 3.86.